The highest BCUT2D eigenvalue weighted by Gasteiger charge is 2.21. The number of halogens is 1. The monoisotopic (exact) mass is 394 g/mol. The highest BCUT2D eigenvalue weighted by atomic mass is 35.5. The van der Waals surface area contributed by atoms with Crippen molar-refractivity contribution in [2.24, 2.45) is 0 Å². The topological polar surface area (TPSA) is 61.9 Å². The van der Waals surface area contributed by atoms with Gasteiger partial charge in [-0.2, -0.15) is 0 Å². The van der Waals surface area contributed by atoms with E-state index in [0.29, 0.717) is 18.1 Å². The van der Waals surface area contributed by atoms with Crippen LogP contribution in [-0.4, -0.2) is 26.4 Å². The molecule has 0 amide bonds. The fourth-order valence-electron chi connectivity index (χ4n) is 3.60. The van der Waals surface area contributed by atoms with E-state index < -0.39 is 0 Å². The second-order valence-electron chi connectivity index (χ2n) is 7.17. The summed E-state index contributed by atoms with van der Waals surface area (Å²) < 4.78 is 0. The summed E-state index contributed by atoms with van der Waals surface area (Å²) in [6.45, 7) is 4.28. The van der Waals surface area contributed by atoms with Gasteiger partial charge in [-0.15, -0.1) is 0 Å². The van der Waals surface area contributed by atoms with Crippen LogP contribution < -0.4 is 5.56 Å². The van der Waals surface area contributed by atoms with Crippen molar-refractivity contribution in [3.8, 4) is 11.3 Å². The lowest BCUT2D eigenvalue weighted by Crippen LogP contribution is -2.36. The minimum Gasteiger partial charge on any atom is -0.310 e. The van der Waals surface area contributed by atoms with Crippen LogP contribution >= 0.6 is 11.6 Å². The first-order chi connectivity index (χ1) is 13.6. The van der Waals surface area contributed by atoms with Crippen molar-refractivity contribution in [3.05, 3.63) is 80.6 Å². The summed E-state index contributed by atoms with van der Waals surface area (Å²) >= 11 is 5.98. The average Bonchev–Trinajstić information content (AvgIpc) is 2.70. The predicted octanol–water partition coefficient (Wildman–Crippen LogP) is 4.00. The summed E-state index contributed by atoms with van der Waals surface area (Å²) in [5.74, 6) is 0.803. The lowest BCUT2D eigenvalue weighted by Gasteiger charge is -2.27. The third kappa shape index (κ3) is 4.16. The predicted molar refractivity (Wildman–Crippen MR) is 111 cm³/mol. The minimum absolute atomic E-state index is 0.000948. The van der Waals surface area contributed by atoms with Gasteiger partial charge in [0.15, 0.2) is 0 Å². The molecule has 1 aliphatic heterocycles. The van der Waals surface area contributed by atoms with E-state index >= 15 is 0 Å². The lowest BCUT2D eigenvalue weighted by molar-refractivity contribution is 0.238. The Morgan fingerprint density at radius 3 is 2.75 bits per heavy atom. The molecule has 0 saturated heterocycles. The van der Waals surface area contributed by atoms with Crippen LogP contribution in [0.4, 0.5) is 0 Å². The number of rotatable bonds is 5. The molecule has 1 aromatic carbocycles. The average molecular weight is 395 g/mol. The molecule has 0 aliphatic carbocycles. The summed E-state index contributed by atoms with van der Waals surface area (Å²) in [6.07, 6.45) is 2.59. The molecule has 3 heterocycles. The molecule has 144 valence electrons. The molecule has 6 heteroatoms. The molecule has 0 saturated carbocycles. The number of H-pyrrole nitrogens is 1. The lowest BCUT2D eigenvalue weighted by atomic mass is 10.1. The van der Waals surface area contributed by atoms with E-state index in [1.54, 1.807) is 0 Å². The van der Waals surface area contributed by atoms with Crippen molar-refractivity contribution >= 4 is 11.6 Å². The molecule has 0 spiro atoms. The van der Waals surface area contributed by atoms with Gasteiger partial charge in [0, 0.05) is 43.1 Å². The fourth-order valence-corrected chi connectivity index (χ4v) is 3.73. The highest BCUT2D eigenvalue weighted by Crippen LogP contribution is 2.21. The van der Waals surface area contributed by atoms with Crippen molar-refractivity contribution < 1.29 is 0 Å². The minimum atomic E-state index is 0.000948. The van der Waals surface area contributed by atoms with E-state index in [9.17, 15) is 4.79 Å². The zero-order valence-electron chi connectivity index (χ0n) is 15.9. The molecular formula is C22H23ClN4O. The number of nitrogens with zero attached hydrogens (tertiary/aromatic N) is 3. The van der Waals surface area contributed by atoms with Gasteiger partial charge >= 0.3 is 0 Å². The highest BCUT2D eigenvalue weighted by molar-refractivity contribution is 6.30. The number of nitrogens with one attached hydrogen (secondary N) is 1. The zero-order chi connectivity index (χ0) is 19.5. The molecule has 0 fully saturated rings. The normalized spacial score (nSPS) is 14.1. The Morgan fingerprint density at radius 1 is 1.14 bits per heavy atom. The molecule has 5 nitrogen and oxygen atoms in total. The Hall–Kier alpha value is -2.50. The maximum absolute atomic E-state index is 12.5. The smallest absolute Gasteiger partial charge is 0.255 e. The van der Waals surface area contributed by atoms with Crippen molar-refractivity contribution in [3.63, 3.8) is 0 Å². The van der Waals surface area contributed by atoms with E-state index in [1.807, 2.05) is 42.5 Å². The number of benzene rings is 1. The number of fused-ring (bicyclic) bond motifs is 1. The molecule has 3 aromatic rings. The maximum atomic E-state index is 12.5. The van der Waals surface area contributed by atoms with Crippen molar-refractivity contribution in [2.45, 2.75) is 39.3 Å². The van der Waals surface area contributed by atoms with Gasteiger partial charge in [-0.3, -0.25) is 14.7 Å². The first-order valence-electron chi connectivity index (χ1n) is 9.67. The van der Waals surface area contributed by atoms with Crippen molar-refractivity contribution in [1.82, 2.24) is 19.9 Å². The van der Waals surface area contributed by atoms with Gasteiger partial charge < -0.3 is 4.98 Å². The second-order valence-corrected chi connectivity index (χ2v) is 7.61. The van der Waals surface area contributed by atoms with Crippen molar-refractivity contribution in [2.75, 3.05) is 6.54 Å². The fraction of sp³-hybridized carbons (Fsp3) is 0.318. The number of aryl methyl sites for hydroxylation is 1. The second kappa shape index (κ2) is 8.25. The summed E-state index contributed by atoms with van der Waals surface area (Å²) in [7, 11) is 0. The molecule has 0 bridgehead atoms. The van der Waals surface area contributed by atoms with Gasteiger partial charge in [-0.1, -0.05) is 36.7 Å². The Labute approximate surface area is 169 Å². The SMILES string of the molecule is CCCc1nc2c(c(=O)[nH]1)CN(Cc1cccc(-c3ccc(Cl)cc3)n1)CC2. The Balaban J connectivity index is 1.51. The Bertz CT molecular complexity index is 1030. The largest absolute Gasteiger partial charge is 0.310 e. The molecule has 0 unspecified atom stereocenters. The van der Waals surface area contributed by atoms with E-state index in [-0.39, 0.29) is 5.56 Å². The van der Waals surface area contributed by atoms with E-state index in [0.717, 1.165) is 59.8 Å². The summed E-state index contributed by atoms with van der Waals surface area (Å²) in [5.41, 5.74) is 4.70. The number of pyridine rings is 1. The molecule has 4 rings (SSSR count). The van der Waals surface area contributed by atoms with Crippen LogP contribution in [0.1, 0.15) is 36.1 Å². The molecule has 0 radical (unpaired) electrons. The van der Waals surface area contributed by atoms with Gasteiger partial charge in [0.05, 0.1) is 22.6 Å². The molecule has 2 aromatic heterocycles. The van der Waals surface area contributed by atoms with Crippen LogP contribution in [-0.2, 0) is 25.9 Å². The molecule has 1 aliphatic rings. The van der Waals surface area contributed by atoms with Gasteiger partial charge in [0.1, 0.15) is 5.82 Å². The molecule has 0 atom stereocenters. The molecule has 1 N–H and O–H groups in total. The van der Waals surface area contributed by atoms with Gasteiger partial charge in [0.25, 0.3) is 5.56 Å². The first-order valence-corrected chi connectivity index (χ1v) is 10.1. The van der Waals surface area contributed by atoms with E-state index in [2.05, 4.69) is 21.8 Å². The Morgan fingerprint density at radius 2 is 1.96 bits per heavy atom. The zero-order valence-corrected chi connectivity index (χ0v) is 16.7. The number of aromatic amines is 1. The maximum Gasteiger partial charge on any atom is 0.255 e. The third-order valence-corrected chi connectivity index (χ3v) is 5.27. The van der Waals surface area contributed by atoms with Crippen LogP contribution in [0.25, 0.3) is 11.3 Å². The first kappa shape index (κ1) is 18.8. The van der Waals surface area contributed by atoms with Crippen LogP contribution in [0.5, 0.6) is 0 Å². The van der Waals surface area contributed by atoms with Gasteiger partial charge in [-0.25, -0.2) is 4.98 Å². The number of aromatic nitrogens is 3. The van der Waals surface area contributed by atoms with E-state index in [4.69, 9.17) is 16.6 Å². The standard InChI is InChI=1S/C22H23ClN4O/c1-2-4-21-25-20-11-12-27(14-18(20)22(28)26-21)13-17-5-3-6-19(24-17)15-7-9-16(23)10-8-15/h3,5-10H,2,4,11-14H2,1H3,(H,25,26,28). The molecule has 28 heavy (non-hydrogen) atoms. The van der Waals surface area contributed by atoms with Crippen LogP contribution in [0.15, 0.2) is 47.3 Å². The van der Waals surface area contributed by atoms with Gasteiger partial charge in [0.2, 0.25) is 0 Å². The summed E-state index contributed by atoms with van der Waals surface area (Å²) in [4.78, 5) is 27.1. The van der Waals surface area contributed by atoms with Crippen LogP contribution in [0.2, 0.25) is 5.02 Å². The summed E-state index contributed by atoms with van der Waals surface area (Å²) in [5, 5.41) is 0.716. The quantitative estimate of drug-likeness (QED) is 0.710. The van der Waals surface area contributed by atoms with E-state index in [1.165, 1.54) is 0 Å². The Kier molecular flexibility index (Phi) is 5.55. The number of hydrogen-bond acceptors (Lipinski definition) is 4. The van der Waals surface area contributed by atoms with Crippen molar-refractivity contribution in [1.29, 1.82) is 0 Å². The third-order valence-electron chi connectivity index (χ3n) is 5.02. The van der Waals surface area contributed by atoms with Gasteiger partial charge in [-0.05, 0) is 30.7 Å². The molecular weight excluding hydrogens is 372 g/mol. The van der Waals surface area contributed by atoms with Crippen LogP contribution in [0.3, 0.4) is 0 Å². The number of hydrogen-bond donors (Lipinski definition) is 1. The summed E-state index contributed by atoms with van der Waals surface area (Å²) in [6, 6.07) is 13.8. The van der Waals surface area contributed by atoms with Crippen LogP contribution in [0, 0.1) is 0 Å².